The van der Waals surface area contributed by atoms with Crippen LogP contribution in [-0.2, 0) is 4.74 Å². The second-order valence-corrected chi connectivity index (χ2v) is 6.27. The predicted octanol–water partition coefficient (Wildman–Crippen LogP) is 2.79. The monoisotopic (exact) mass is 276 g/mol. The van der Waals surface area contributed by atoms with E-state index >= 15 is 0 Å². The van der Waals surface area contributed by atoms with Crippen LogP contribution >= 0.6 is 12.4 Å². The Morgan fingerprint density at radius 3 is 2.67 bits per heavy atom. The number of hydrogen-bond donors (Lipinski definition) is 1. The zero-order valence-electron chi connectivity index (χ0n) is 12.2. The molecule has 0 amide bonds. The molecule has 1 N–H and O–H groups in total. The number of rotatable bonds is 3. The Morgan fingerprint density at radius 1 is 1.39 bits per heavy atom. The van der Waals surface area contributed by atoms with Gasteiger partial charge in [-0.3, -0.25) is 10.2 Å². The highest BCUT2D eigenvalue weighted by Crippen LogP contribution is 2.29. The third kappa shape index (κ3) is 3.83. The van der Waals surface area contributed by atoms with Crippen LogP contribution in [0.2, 0.25) is 0 Å². The van der Waals surface area contributed by atoms with Crippen molar-refractivity contribution < 1.29 is 4.74 Å². The standard InChI is InChI=1S/C14H28N2O.ClH/c1-11(2)16-8-6-5-7-13(16)9-14(4)15-12(3)10-17-14;/h11-13,15H,5-10H2,1-4H3;1H. The maximum absolute atomic E-state index is 5.95. The molecule has 2 rings (SSSR count). The van der Waals surface area contributed by atoms with Gasteiger partial charge in [0, 0.05) is 24.5 Å². The van der Waals surface area contributed by atoms with E-state index in [4.69, 9.17) is 4.74 Å². The highest BCUT2D eigenvalue weighted by Gasteiger charge is 2.38. The van der Waals surface area contributed by atoms with Crippen LogP contribution in [0.4, 0.5) is 0 Å². The number of piperidine rings is 1. The van der Waals surface area contributed by atoms with Crippen LogP contribution in [0.3, 0.4) is 0 Å². The Balaban J connectivity index is 0.00000162. The molecule has 4 heteroatoms. The number of nitrogens with zero attached hydrogens (tertiary/aromatic N) is 1. The molecule has 2 aliphatic rings. The first-order chi connectivity index (χ1) is 8.00. The van der Waals surface area contributed by atoms with Crippen molar-refractivity contribution in [2.45, 2.75) is 77.2 Å². The highest BCUT2D eigenvalue weighted by molar-refractivity contribution is 5.85. The van der Waals surface area contributed by atoms with Gasteiger partial charge in [-0.1, -0.05) is 6.42 Å². The fraction of sp³-hybridized carbons (Fsp3) is 1.00. The molecule has 0 aliphatic carbocycles. The summed E-state index contributed by atoms with van der Waals surface area (Å²) in [6.07, 6.45) is 5.18. The van der Waals surface area contributed by atoms with Gasteiger partial charge in [0.15, 0.2) is 0 Å². The Bertz CT molecular complexity index is 262. The average Bonchev–Trinajstić information content (AvgIpc) is 2.59. The fourth-order valence-corrected chi connectivity index (χ4v) is 3.40. The van der Waals surface area contributed by atoms with Crippen molar-refractivity contribution in [3.05, 3.63) is 0 Å². The second kappa shape index (κ2) is 6.56. The first kappa shape index (κ1) is 16.2. The minimum absolute atomic E-state index is 0. The maximum Gasteiger partial charge on any atom is 0.118 e. The molecule has 2 heterocycles. The summed E-state index contributed by atoms with van der Waals surface area (Å²) < 4.78 is 5.95. The van der Waals surface area contributed by atoms with E-state index in [0.717, 1.165) is 13.0 Å². The minimum Gasteiger partial charge on any atom is -0.359 e. The maximum atomic E-state index is 5.95. The highest BCUT2D eigenvalue weighted by atomic mass is 35.5. The van der Waals surface area contributed by atoms with Gasteiger partial charge in [0.05, 0.1) is 6.61 Å². The molecular weight excluding hydrogens is 248 g/mol. The van der Waals surface area contributed by atoms with Crippen molar-refractivity contribution in [3.63, 3.8) is 0 Å². The lowest BCUT2D eigenvalue weighted by atomic mass is 9.93. The van der Waals surface area contributed by atoms with Crippen LogP contribution in [0.1, 0.15) is 53.4 Å². The number of ether oxygens (including phenoxy) is 1. The van der Waals surface area contributed by atoms with Crippen molar-refractivity contribution >= 4 is 12.4 Å². The van der Waals surface area contributed by atoms with E-state index in [-0.39, 0.29) is 18.1 Å². The summed E-state index contributed by atoms with van der Waals surface area (Å²) in [6, 6.07) is 1.84. The zero-order valence-corrected chi connectivity index (χ0v) is 13.1. The molecule has 2 saturated heterocycles. The van der Waals surface area contributed by atoms with Crippen molar-refractivity contribution in [2.75, 3.05) is 13.2 Å². The summed E-state index contributed by atoms with van der Waals surface area (Å²) in [5.41, 5.74) is -0.103. The van der Waals surface area contributed by atoms with Crippen molar-refractivity contribution in [1.29, 1.82) is 0 Å². The summed E-state index contributed by atoms with van der Waals surface area (Å²) in [7, 11) is 0. The smallest absolute Gasteiger partial charge is 0.118 e. The molecule has 0 aromatic heterocycles. The van der Waals surface area contributed by atoms with Crippen molar-refractivity contribution in [2.24, 2.45) is 0 Å². The van der Waals surface area contributed by atoms with E-state index in [1.807, 2.05) is 0 Å². The summed E-state index contributed by atoms with van der Waals surface area (Å²) >= 11 is 0. The molecule has 0 aromatic rings. The molecule has 108 valence electrons. The van der Waals surface area contributed by atoms with Crippen LogP contribution in [0.5, 0.6) is 0 Å². The number of nitrogens with one attached hydrogen (secondary N) is 1. The van der Waals surface area contributed by atoms with Crippen LogP contribution in [0.25, 0.3) is 0 Å². The Hall–Kier alpha value is 0.170. The topological polar surface area (TPSA) is 24.5 Å². The van der Waals surface area contributed by atoms with Crippen LogP contribution in [-0.4, -0.2) is 41.9 Å². The molecular formula is C14H29ClN2O. The summed E-state index contributed by atoms with van der Waals surface area (Å²) in [5.74, 6) is 0. The average molecular weight is 277 g/mol. The fourth-order valence-electron chi connectivity index (χ4n) is 3.40. The first-order valence-electron chi connectivity index (χ1n) is 7.17. The number of likely N-dealkylation sites (tertiary alicyclic amines) is 1. The first-order valence-corrected chi connectivity index (χ1v) is 7.17. The molecule has 18 heavy (non-hydrogen) atoms. The van der Waals surface area contributed by atoms with Gasteiger partial charge < -0.3 is 4.74 Å². The van der Waals surface area contributed by atoms with Gasteiger partial charge in [0.2, 0.25) is 0 Å². The lowest BCUT2D eigenvalue weighted by molar-refractivity contribution is -0.0338. The molecule has 3 nitrogen and oxygen atoms in total. The summed E-state index contributed by atoms with van der Waals surface area (Å²) in [6.45, 7) is 11.1. The minimum atomic E-state index is -0.103. The van der Waals surface area contributed by atoms with Crippen molar-refractivity contribution in [3.8, 4) is 0 Å². The molecule has 0 saturated carbocycles. The molecule has 0 aromatic carbocycles. The Morgan fingerprint density at radius 2 is 2.11 bits per heavy atom. The molecule has 0 spiro atoms. The van der Waals surface area contributed by atoms with E-state index in [9.17, 15) is 0 Å². The molecule has 2 fully saturated rings. The third-order valence-electron chi connectivity index (χ3n) is 4.16. The summed E-state index contributed by atoms with van der Waals surface area (Å²) in [4.78, 5) is 2.66. The van der Waals surface area contributed by atoms with Gasteiger partial charge in [0.25, 0.3) is 0 Å². The normalized spacial score (nSPS) is 37.8. The molecule has 2 aliphatic heterocycles. The van der Waals surface area contributed by atoms with E-state index in [1.165, 1.54) is 25.8 Å². The van der Waals surface area contributed by atoms with Crippen LogP contribution < -0.4 is 5.32 Å². The molecule has 3 unspecified atom stereocenters. The van der Waals surface area contributed by atoms with E-state index in [0.29, 0.717) is 18.1 Å². The largest absolute Gasteiger partial charge is 0.359 e. The predicted molar refractivity (Wildman–Crippen MR) is 78.3 cm³/mol. The lowest BCUT2D eigenvalue weighted by Gasteiger charge is -2.42. The van der Waals surface area contributed by atoms with Gasteiger partial charge in [-0.05, 0) is 47.1 Å². The Kier molecular flexibility index (Phi) is 5.91. The molecule has 0 radical (unpaired) electrons. The SMILES string of the molecule is CC1COC(C)(CC2CCCCN2C(C)C)N1.Cl. The van der Waals surface area contributed by atoms with Crippen LogP contribution in [0.15, 0.2) is 0 Å². The third-order valence-corrected chi connectivity index (χ3v) is 4.16. The van der Waals surface area contributed by atoms with Gasteiger partial charge in [-0.15, -0.1) is 12.4 Å². The lowest BCUT2D eigenvalue weighted by Crippen LogP contribution is -2.51. The number of hydrogen-bond acceptors (Lipinski definition) is 3. The van der Waals surface area contributed by atoms with E-state index < -0.39 is 0 Å². The van der Waals surface area contributed by atoms with Gasteiger partial charge in [-0.2, -0.15) is 0 Å². The van der Waals surface area contributed by atoms with Gasteiger partial charge >= 0.3 is 0 Å². The van der Waals surface area contributed by atoms with E-state index in [2.05, 4.69) is 37.9 Å². The van der Waals surface area contributed by atoms with Gasteiger partial charge in [-0.25, -0.2) is 0 Å². The quantitative estimate of drug-likeness (QED) is 0.858. The number of halogens is 1. The molecule has 3 atom stereocenters. The van der Waals surface area contributed by atoms with Crippen LogP contribution in [0, 0.1) is 0 Å². The second-order valence-electron chi connectivity index (χ2n) is 6.27. The zero-order chi connectivity index (χ0) is 12.5. The summed E-state index contributed by atoms with van der Waals surface area (Å²) in [5, 5.41) is 3.59. The van der Waals surface area contributed by atoms with E-state index in [1.54, 1.807) is 0 Å². The van der Waals surface area contributed by atoms with Gasteiger partial charge in [0.1, 0.15) is 5.72 Å². The molecule has 0 bridgehead atoms. The van der Waals surface area contributed by atoms with Crippen molar-refractivity contribution in [1.82, 2.24) is 10.2 Å². The Labute approximate surface area is 118 Å².